The number of thioether (sulfide) groups is 1. The van der Waals surface area contributed by atoms with E-state index in [4.69, 9.17) is 18.9 Å². The highest BCUT2D eigenvalue weighted by atomic mass is 32.2. The number of carbonyl (C=O) groups excluding carboxylic acids is 1. The number of aromatic nitrogens is 8. The fraction of sp³-hybridized carbons (Fsp3) is 0.125. The number of methoxy groups -OCH3 is 1. The average molecular weight is 729 g/mol. The number of pyridine rings is 2. The Morgan fingerprint density at radius 1 is 0.902 bits per heavy atom. The Balaban J connectivity index is 0.000000556. The van der Waals surface area contributed by atoms with Crippen molar-refractivity contribution in [3.8, 4) is 46.0 Å². The summed E-state index contributed by atoms with van der Waals surface area (Å²) in [5.41, 5.74) is 0.729. The summed E-state index contributed by atoms with van der Waals surface area (Å²) in [6.07, 6.45) is 4.29. The summed E-state index contributed by atoms with van der Waals surface area (Å²) < 4.78 is 49.3. The molecular weight excluding hydrogens is 701 g/mol. The SMILES string of the molecule is COc1ccccc1Oc1c(N=S(=O)=O)nc(-c2ccnc(-c3nn[nH]n3)c2)nc1OCCOC(=O)Nc1ccccn1.CSc1ccccc1. The molecule has 0 aliphatic rings. The first-order chi connectivity index (χ1) is 24.9. The second-order valence-electron chi connectivity index (χ2n) is 9.57. The first kappa shape index (κ1) is 35.8. The van der Waals surface area contributed by atoms with Crippen molar-refractivity contribution in [2.24, 2.45) is 4.36 Å². The third-order valence-corrected chi connectivity index (χ3v) is 7.35. The molecule has 0 saturated heterocycles. The fourth-order valence-electron chi connectivity index (χ4n) is 4.05. The molecule has 0 fully saturated rings. The van der Waals surface area contributed by atoms with Crippen molar-refractivity contribution in [1.82, 2.24) is 40.6 Å². The predicted molar refractivity (Wildman–Crippen MR) is 185 cm³/mol. The number of nitrogens with zero attached hydrogens (tertiary/aromatic N) is 8. The predicted octanol–water partition coefficient (Wildman–Crippen LogP) is 5.64. The zero-order valence-corrected chi connectivity index (χ0v) is 28.5. The number of anilines is 1. The number of aromatic amines is 1. The molecule has 0 bridgehead atoms. The standard InChI is InChI=1S/C25H20N10O7S.C7H8S/c1-39-17-6-2-3-7-18(17)42-20-23(33-43(37)38)29-21(15-9-11-26-16(14-15)22-31-34-35-32-22)30-24(20)40-12-13-41-25(36)28-19-8-4-5-10-27-19;1-8-7-5-3-2-4-6-7/h2-11,14H,12-13H2,1H3,(H,27,28,36)(H,31,32,34,35);2-6H,1H3. The molecule has 0 aliphatic heterocycles. The Hall–Kier alpha value is -6.47. The minimum absolute atomic E-state index is 0.00698. The number of hydrogen-bond acceptors (Lipinski definition) is 16. The number of amides is 1. The lowest BCUT2D eigenvalue weighted by Crippen LogP contribution is -2.18. The van der Waals surface area contributed by atoms with Gasteiger partial charge in [0.2, 0.25) is 17.4 Å². The number of rotatable bonds is 12. The second-order valence-corrected chi connectivity index (χ2v) is 11.1. The average Bonchev–Trinajstić information content (AvgIpc) is 3.71. The van der Waals surface area contributed by atoms with E-state index >= 15 is 0 Å². The summed E-state index contributed by atoms with van der Waals surface area (Å²) in [6.45, 7) is -0.429. The smallest absolute Gasteiger partial charge is 0.412 e. The number of hydrogen-bond donors (Lipinski definition) is 2. The molecule has 4 heterocycles. The number of H-pyrrole nitrogens is 1. The van der Waals surface area contributed by atoms with Crippen LogP contribution in [-0.2, 0) is 15.2 Å². The first-order valence-corrected chi connectivity index (χ1v) is 17.0. The third-order valence-electron chi connectivity index (χ3n) is 6.28. The molecule has 0 radical (unpaired) electrons. The Labute approximate surface area is 296 Å². The topological polar surface area (TPSA) is 219 Å². The molecule has 260 valence electrons. The van der Waals surface area contributed by atoms with Crippen LogP contribution in [0.15, 0.2) is 107 Å². The third kappa shape index (κ3) is 10.5. The molecule has 4 aromatic heterocycles. The molecule has 6 aromatic rings. The summed E-state index contributed by atoms with van der Waals surface area (Å²) >= 11 is 1.77. The van der Waals surface area contributed by atoms with Crippen LogP contribution in [0, 0.1) is 0 Å². The summed E-state index contributed by atoms with van der Waals surface area (Å²) in [4.78, 5) is 30.4. The zero-order chi connectivity index (χ0) is 35.8. The van der Waals surface area contributed by atoms with Crippen molar-refractivity contribution in [1.29, 1.82) is 0 Å². The Bertz CT molecular complexity index is 2170. The zero-order valence-electron chi connectivity index (χ0n) is 26.9. The van der Waals surface area contributed by atoms with Crippen LogP contribution in [0.3, 0.4) is 0 Å². The van der Waals surface area contributed by atoms with Gasteiger partial charge in [-0.2, -0.15) is 18.6 Å². The lowest BCUT2D eigenvalue weighted by atomic mass is 10.2. The monoisotopic (exact) mass is 728 g/mol. The van der Waals surface area contributed by atoms with Gasteiger partial charge in [0.25, 0.3) is 5.88 Å². The maximum atomic E-state index is 12.1. The molecule has 0 aliphatic carbocycles. The van der Waals surface area contributed by atoms with Gasteiger partial charge >= 0.3 is 16.6 Å². The van der Waals surface area contributed by atoms with Gasteiger partial charge in [-0.15, -0.1) is 26.3 Å². The lowest BCUT2D eigenvalue weighted by Gasteiger charge is -2.15. The van der Waals surface area contributed by atoms with E-state index in [0.717, 1.165) is 0 Å². The van der Waals surface area contributed by atoms with Crippen molar-refractivity contribution in [2.45, 2.75) is 4.90 Å². The minimum Gasteiger partial charge on any atom is -0.493 e. The molecule has 51 heavy (non-hydrogen) atoms. The van der Waals surface area contributed by atoms with E-state index in [1.54, 1.807) is 66.4 Å². The number of carbonyl (C=O) groups is 1. The summed E-state index contributed by atoms with van der Waals surface area (Å²) in [6, 6.07) is 25.1. The van der Waals surface area contributed by atoms with Gasteiger partial charge in [0.1, 0.15) is 24.7 Å². The van der Waals surface area contributed by atoms with E-state index in [-0.39, 0.29) is 48.1 Å². The van der Waals surface area contributed by atoms with Crippen LogP contribution in [0.25, 0.3) is 22.9 Å². The molecule has 6 rings (SSSR count). The lowest BCUT2D eigenvalue weighted by molar-refractivity contribution is 0.135. The van der Waals surface area contributed by atoms with Gasteiger partial charge in [-0.3, -0.25) is 10.3 Å². The molecular formula is C32H28N10O7S2. The van der Waals surface area contributed by atoms with Gasteiger partial charge in [-0.1, -0.05) is 36.4 Å². The molecule has 19 heteroatoms. The minimum atomic E-state index is -2.94. The van der Waals surface area contributed by atoms with Crippen LogP contribution in [0.5, 0.6) is 23.1 Å². The Morgan fingerprint density at radius 3 is 2.37 bits per heavy atom. The van der Waals surface area contributed by atoms with Gasteiger partial charge < -0.3 is 18.9 Å². The van der Waals surface area contributed by atoms with Crippen LogP contribution in [-0.4, -0.2) is 81.7 Å². The molecule has 2 N–H and O–H groups in total. The van der Waals surface area contributed by atoms with Crippen molar-refractivity contribution >= 4 is 40.0 Å². The highest BCUT2D eigenvalue weighted by Crippen LogP contribution is 2.42. The number of tetrazole rings is 1. The maximum absolute atomic E-state index is 12.1. The van der Waals surface area contributed by atoms with E-state index < -0.39 is 16.6 Å². The van der Waals surface area contributed by atoms with Gasteiger partial charge in [-0.05, 0) is 60.0 Å². The maximum Gasteiger partial charge on any atom is 0.412 e. The number of benzene rings is 2. The molecule has 0 saturated carbocycles. The van der Waals surface area contributed by atoms with Crippen LogP contribution in [0.4, 0.5) is 16.4 Å². The molecule has 17 nitrogen and oxygen atoms in total. The van der Waals surface area contributed by atoms with Crippen LogP contribution >= 0.6 is 11.8 Å². The number of ether oxygens (including phenoxy) is 4. The van der Waals surface area contributed by atoms with Gasteiger partial charge in [-0.25, -0.2) is 14.8 Å². The summed E-state index contributed by atoms with van der Waals surface area (Å²) in [7, 11) is -1.50. The number of nitrogens with one attached hydrogen (secondary N) is 2. The number of para-hydroxylation sites is 2. The highest BCUT2D eigenvalue weighted by Gasteiger charge is 2.22. The second kappa shape index (κ2) is 18.3. The van der Waals surface area contributed by atoms with Crippen molar-refractivity contribution in [3.05, 3.63) is 97.3 Å². The highest BCUT2D eigenvalue weighted by molar-refractivity contribution is 7.98. The van der Waals surface area contributed by atoms with Crippen LogP contribution in [0.2, 0.25) is 0 Å². The Kier molecular flexibility index (Phi) is 12.9. The summed E-state index contributed by atoms with van der Waals surface area (Å²) in [5.74, 6) is 0.249. The molecule has 2 aromatic carbocycles. The van der Waals surface area contributed by atoms with E-state index in [0.29, 0.717) is 22.8 Å². The normalized spacial score (nSPS) is 10.2. The van der Waals surface area contributed by atoms with Crippen LogP contribution < -0.4 is 19.5 Å². The Morgan fingerprint density at radius 2 is 1.69 bits per heavy atom. The van der Waals surface area contributed by atoms with Gasteiger partial charge in [0.15, 0.2) is 17.3 Å². The molecule has 1 amide bonds. The van der Waals surface area contributed by atoms with E-state index in [1.807, 2.05) is 18.2 Å². The largest absolute Gasteiger partial charge is 0.493 e. The van der Waals surface area contributed by atoms with Crippen molar-refractivity contribution < 1.29 is 32.2 Å². The van der Waals surface area contributed by atoms with Crippen molar-refractivity contribution in [2.75, 3.05) is 31.9 Å². The van der Waals surface area contributed by atoms with Crippen LogP contribution in [0.1, 0.15) is 0 Å². The van der Waals surface area contributed by atoms with E-state index in [1.165, 1.54) is 24.4 Å². The van der Waals surface area contributed by atoms with E-state index in [9.17, 15) is 13.2 Å². The fourth-order valence-corrected chi connectivity index (χ4v) is 4.74. The molecule has 0 atom stereocenters. The molecule has 0 unspecified atom stereocenters. The van der Waals surface area contributed by atoms with E-state index in [2.05, 4.69) is 68.6 Å². The van der Waals surface area contributed by atoms with Gasteiger partial charge in [0.05, 0.1) is 7.11 Å². The van der Waals surface area contributed by atoms with Gasteiger partial charge in [0, 0.05) is 22.9 Å². The van der Waals surface area contributed by atoms with Crippen molar-refractivity contribution in [3.63, 3.8) is 0 Å². The first-order valence-electron chi connectivity index (χ1n) is 14.7. The summed E-state index contributed by atoms with van der Waals surface area (Å²) in [5, 5.41) is 16.2. The quantitative estimate of drug-likeness (QED) is 0.115. The molecule has 0 spiro atoms.